The van der Waals surface area contributed by atoms with E-state index in [0.717, 1.165) is 18.4 Å². The van der Waals surface area contributed by atoms with E-state index >= 15 is 0 Å². The number of nitrogens with one attached hydrogen (secondary N) is 2. The van der Waals surface area contributed by atoms with Gasteiger partial charge in [-0.1, -0.05) is 19.3 Å². The van der Waals surface area contributed by atoms with Gasteiger partial charge in [-0.05, 0) is 48.1 Å². The molecule has 128 valence electrons. The molecule has 2 rings (SSSR count). The van der Waals surface area contributed by atoms with Gasteiger partial charge in [0.2, 0.25) is 11.8 Å². The smallest absolute Gasteiger partial charge is 0.242 e. The summed E-state index contributed by atoms with van der Waals surface area (Å²) in [6, 6.07) is 1.25. The first kappa shape index (κ1) is 17.9. The lowest BCUT2D eigenvalue weighted by molar-refractivity contribution is -0.129. The summed E-state index contributed by atoms with van der Waals surface area (Å²) in [5.74, 6) is 0.133. The van der Waals surface area contributed by atoms with Crippen molar-refractivity contribution in [1.29, 1.82) is 0 Å². The molecule has 1 aromatic rings. The van der Waals surface area contributed by atoms with Gasteiger partial charge < -0.3 is 15.7 Å². The zero-order valence-electron chi connectivity index (χ0n) is 13.6. The Hall–Kier alpha value is -1.40. The van der Waals surface area contributed by atoms with Crippen LogP contribution in [0.3, 0.4) is 0 Å². The average molecular weight is 338 g/mol. The minimum absolute atomic E-state index is 0.0575. The molecule has 1 heterocycles. The van der Waals surface area contributed by atoms with Crippen molar-refractivity contribution in [3.05, 3.63) is 22.4 Å². The van der Waals surface area contributed by atoms with Crippen molar-refractivity contribution in [3.8, 4) is 0 Å². The Morgan fingerprint density at radius 2 is 2.09 bits per heavy atom. The van der Waals surface area contributed by atoms with Crippen LogP contribution >= 0.6 is 11.3 Å². The monoisotopic (exact) mass is 338 g/mol. The fraction of sp³-hybridized carbons (Fsp3) is 0.647. The van der Waals surface area contributed by atoms with Gasteiger partial charge in [-0.15, -0.1) is 0 Å². The number of carbonyl (C=O) groups is 2. The molecule has 1 aromatic heterocycles. The summed E-state index contributed by atoms with van der Waals surface area (Å²) in [5.41, 5.74) is 0.796. The van der Waals surface area contributed by atoms with Crippen molar-refractivity contribution in [3.63, 3.8) is 0 Å². The summed E-state index contributed by atoms with van der Waals surface area (Å²) >= 11 is 1.50. The van der Waals surface area contributed by atoms with Crippen LogP contribution in [0.25, 0.3) is 0 Å². The molecule has 6 heteroatoms. The highest BCUT2D eigenvalue weighted by molar-refractivity contribution is 7.07. The number of rotatable bonds is 7. The average Bonchev–Trinajstić information content (AvgIpc) is 3.07. The number of hydrogen-bond acceptors (Lipinski definition) is 4. The highest BCUT2D eigenvalue weighted by Gasteiger charge is 2.21. The molecule has 0 aliphatic heterocycles. The van der Waals surface area contributed by atoms with Crippen LogP contribution in [0.1, 0.15) is 57.1 Å². The lowest BCUT2D eigenvalue weighted by Crippen LogP contribution is -2.46. The molecule has 2 unspecified atom stereocenters. The van der Waals surface area contributed by atoms with Crippen molar-refractivity contribution >= 4 is 23.2 Å². The highest BCUT2D eigenvalue weighted by atomic mass is 32.1. The maximum absolute atomic E-state index is 12.0. The van der Waals surface area contributed by atoms with Crippen molar-refractivity contribution < 1.29 is 14.7 Å². The summed E-state index contributed by atoms with van der Waals surface area (Å²) in [6.45, 7) is 1.82. The normalized spacial score (nSPS) is 18.2. The number of aliphatic hydroxyl groups is 1. The molecule has 23 heavy (non-hydrogen) atoms. The number of amides is 2. The van der Waals surface area contributed by atoms with Gasteiger partial charge in [-0.2, -0.15) is 11.3 Å². The standard InChI is InChI=1S/C17H26N2O3S/c1-12(19-16(21)9-13-5-3-2-4-6-13)17(22)18-10-15(20)14-7-8-23-11-14/h7-8,11-13,15,20H,2-6,9-10H2,1H3,(H,18,22)(H,19,21). The van der Waals surface area contributed by atoms with E-state index in [9.17, 15) is 14.7 Å². The van der Waals surface area contributed by atoms with E-state index in [4.69, 9.17) is 0 Å². The number of hydrogen-bond donors (Lipinski definition) is 3. The predicted molar refractivity (Wildman–Crippen MR) is 91.1 cm³/mol. The predicted octanol–water partition coefficient (Wildman–Crippen LogP) is 2.37. The molecule has 0 spiro atoms. The molecule has 0 bridgehead atoms. The number of carbonyl (C=O) groups excluding carboxylic acids is 2. The van der Waals surface area contributed by atoms with Crippen LogP contribution in [-0.4, -0.2) is 29.5 Å². The van der Waals surface area contributed by atoms with Crippen LogP contribution in [0.4, 0.5) is 0 Å². The summed E-state index contributed by atoms with van der Waals surface area (Å²) in [6.07, 6.45) is 5.69. The van der Waals surface area contributed by atoms with Gasteiger partial charge in [0.1, 0.15) is 6.04 Å². The fourth-order valence-corrected chi connectivity index (χ4v) is 3.66. The van der Waals surface area contributed by atoms with E-state index in [1.165, 1.54) is 30.6 Å². The Balaban J connectivity index is 1.68. The van der Waals surface area contributed by atoms with E-state index in [2.05, 4.69) is 10.6 Å². The van der Waals surface area contributed by atoms with Crippen LogP contribution in [0, 0.1) is 5.92 Å². The largest absolute Gasteiger partial charge is 0.387 e. The van der Waals surface area contributed by atoms with Gasteiger partial charge in [-0.3, -0.25) is 9.59 Å². The highest BCUT2D eigenvalue weighted by Crippen LogP contribution is 2.26. The van der Waals surface area contributed by atoms with Gasteiger partial charge >= 0.3 is 0 Å². The Kier molecular flexibility index (Phi) is 7.05. The minimum Gasteiger partial charge on any atom is -0.387 e. The maximum Gasteiger partial charge on any atom is 0.242 e. The van der Waals surface area contributed by atoms with Crippen molar-refractivity contribution in [2.24, 2.45) is 5.92 Å². The van der Waals surface area contributed by atoms with Gasteiger partial charge in [0.05, 0.1) is 6.10 Å². The van der Waals surface area contributed by atoms with Gasteiger partial charge in [0.15, 0.2) is 0 Å². The second kappa shape index (κ2) is 9.03. The summed E-state index contributed by atoms with van der Waals surface area (Å²) < 4.78 is 0. The zero-order valence-corrected chi connectivity index (χ0v) is 14.4. The first-order valence-electron chi connectivity index (χ1n) is 8.33. The molecule has 5 nitrogen and oxygen atoms in total. The lowest BCUT2D eigenvalue weighted by atomic mass is 9.87. The quantitative estimate of drug-likeness (QED) is 0.714. The second-order valence-corrected chi connectivity index (χ2v) is 7.10. The fourth-order valence-electron chi connectivity index (χ4n) is 2.95. The van der Waals surface area contributed by atoms with Crippen LogP contribution in [0.2, 0.25) is 0 Å². The third-order valence-corrected chi connectivity index (χ3v) is 5.07. The summed E-state index contributed by atoms with van der Waals surface area (Å²) in [4.78, 5) is 24.0. The van der Waals surface area contributed by atoms with Gasteiger partial charge in [0.25, 0.3) is 0 Å². The molecule has 3 N–H and O–H groups in total. The Bertz CT molecular complexity index is 498. The first-order chi connectivity index (χ1) is 11.1. The van der Waals surface area contributed by atoms with Crippen LogP contribution in [-0.2, 0) is 9.59 Å². The topological polar surface area (TPSA) is 78.4 Å². The second-order valence-electron chi connectivity index (χ2n) is 6.31. The zero-order chi connectivity index (χ0) is 16.7. The maximum atomic E-state index is 12.0. The molecule has 2 atom stereocenters. The summed E-state index contributed by atoms with van der Waals surface area (Å²) in [5, 5.41) is 19.1. The van der Waals surface area contributed by atoms with Gasteiger partial charge in [-0.25, -0.2) is 0 Å². The van der Waals surface area contributed by atoms with Crippen molar-refractivity contribution in [2.45, 2.75) is 57.6 Å². The molecule has 2 amide bonds. The van der Waals surface area contributed by atoms with E-state index in [1.54, 1.807) is 6.92 Å². The van der Waals surface area contributed by atoms with E-state index in [0.29, 0.717) is 12.3 Å². The molecule has 1 aliphatic rings. The lowest BCUT2D eigenvalue weighted by Gasteiger charge is -2.22. The van der Waals surface area contributed by atoms with Crippen LogP contribution in [0.5, 0.6) is 0 Å². The molecule has 1 fully saturated rings. The van der Waals surface area contributed by atoms with E-state index in [-0.39, 0.29) is 18.4 Å². The number of thiophene rings is 1. The summed E-state index contributed by atoms with van der Waals surface area (Å²) in [7, 11) is 0. The SMILES string of the molecule is CC(NC(=O)CC1CCCCC1)C(=O)NCC(O)c1ccsc1. The van der Waals surface area contributed by atoms with E-state index in [1.807, 2.05) is 16.8 Å². The molecule has 0 aromatic carbocycles. The molecule has 0 saturated heterocycles. The molecular formula is C17H26N2O3S. The Labute approximate surface area is 141 Å². The molecule has 1 aliphatic carbocycles. The Morgan fingerprint density at radius 1 is 1.35 bits per heavy atom. The third kappa shape index (κ3) is 5.95. The van der Waals surface area contributed by atoms with Crippen LogP contribution in [0.15, 0.2) is 16.8 Å². The van der Waals surface area contributed by atoms with Gasteiger partial charge in [0, 0.05) is 13.0 Å². The van der Waals surface area contributed by atoms with Crippen LogP contribution < -0.4 is 10.6 Å². The van der Waals surface area contributed by atoms with Crippen molar-refractivity contribution in [2.75, 3.05) is 6.54 Å². The first-order valence-corrected chi connectivity index (χ1v) is 9.27. The molecule has 0 radical (unpaired) electrons. The minimum atomic E-state index is -0.713. The Morgan fingerprint density at radius 3 is 2.74 bits per heavy atom. The third-order valence-electron chi connectivity index (χ3n) is 4.37. The molecular weight excluding hydrogens is 312 g/mol. The number of aliphatic hydroxyl groups excluding tert-OH is 1. The van der Waals surface area contributed by atoms with E-state index < -0.39 is 12.1 Å². The molecule has 1 saturated carbocycles. The van der Waals surface area contributed by atoms with Crippen molar-refractivity contribution in [1.82, 2.24) is 10.6 Å².